The van der Waals surface area contributed by atoms with Crippen molar-refractivity contribution in [2.75, 3.05) is 18.9 Å². The molecule has 2 heterocycles. The minimum absolute atomic E-state index is 0.0830. The summed E-state index contributed by atoms with van der Waals surface area (Å²) in [6.07, 6.45) is 0. The number of fused-ring (bicyclic) bond motifs is 2. The van der Waals surface area contributed by atoms with Crippen molar-refractivity contribution >= 4 is 23.1 Å². The van der Waals surface area contributed by atoms with Gasteiger partial charge in [0, 0.05) is 41.4 Å². The highest BCUT2D eigenvalue weighted by atomic mass is 19.1. The van der Waals surface area contributed by atoms with Gasteiger partial charge in [0.2, 0.25) is 5.91 Å². The SMILES string of the molecule is CN1C[C@H](c2cccc([N+](=O)[O-])c2)[C@H](C(=O)c2ccc(F)cc2)[C@@]12C(=O)Nc1ccccc12. The summed E-state index contributed by atoms with van der Waals surface area (Å²) >= 11 is 0. The number of amides is 1. The smallest absolute Gasteiger partial charge is 0.269 e. The third kappa shape index (κ3) is 3.06. The Labute approximate surface area is 189 Å². The molecule has 3 aromatic carbocycles. The third-order valence-electron chi connectivity index (χ3n) is 6.78. The van der Waals surface area contributed by atoms with Crippen LogP contribution in [0.3, 0.4) is 0 Å². The lowest BCUT2D eigenvalue weighted by Gasteiger charge is -2.35. The molecule has 166 valence electrons. The van der Waals surface area contributed by atoms with Crippen molar-refractivity contribution in [2.45, 2.75) is 11.5 Å². The van der Waals surface area contributed by atoms with Crippen molar-refractivity contribution in [3.8, 4) is 0 Å². The zero-order valence-corrected chi connectivity index (χ0v) is 17.7. The average molecular weight is 445 g/mol. The summed E-state index contributed by atoms with van der Waals surface area (Å²) in [7, 11) is 1.78. The molecule has 1 amide bonds. The lowest BCUT2D eigenvalue weighted by Crippen LogP contribution is -2.51. The molecule has 1 saturated heterocycles. The Kier molecular flexibility index (Phi) is 4.83. The maximum absolute atomic E-state index is 14.0. The topological polar surface area (TPSA) is 92.5 Å². The number of likely N-dealkylation sites (tertiary alicyclic amines) is 1. The zero-order chi connectivity index (χ0) is 23.3. The Hall–Kier alpha value is -3.91. The van der Waals surface area contributed by atoms with E-state index in [9.17, 15) is 24.1 Å². The minimum Gasteiger partial charge on any atom is -0.324 e. The van der Waals surface area contributed by atoms with Gasteiger partial charge in [0.05, 0.1) is 10.8 Å². The monoisotopic (exact) mass is 445 g/mol. The zero-order valence-electron chi connectivity index (χ0n) is 17.7. The number of non-ortho nitro benzene ring substituents is 1. The molecular weight excluding hydrogens is 425 g/mol. The molecule has 0 bridgehead atoms. The number of carbonyl (C=O) groups is 2. The van der Waals surface area contributed by atoms with E-state index in [1.807, 2.05) is 23.1 Å². The summed E-state index contributed by atoms with van der Waals surface area (Å²) in [5.74, 6) is -2.48. The molecule has 2 aliphatic heterocycles. The number of carbonyl (C=O) groups excluding carboxylic acids is 2. The highest BCUT2D eigenvalue weighted by molar-refractivity contribution is 6.12. The molecule has 0 aromatic heterocycles. The summed E-state index contributed by atoms with van der Waals surface area (Å²) in [5.41, 5.74) is 0.823. The Balaban J connectivity index is 1.72. The number of likely N-dealkylation sites (N-methyl/N-ethyl adjacent to an activating group) is 1. The quantitative estimate of drug-likeness (QED) is 0.371. The Morgan fingerprint density at radius 1 is 1.12 bits per heavy atom. The number of anilines is 1. The number of hydrogen-bond acceptors (Lipinski definition) is 5. The highest BCUT2D eigenvalue weighted by Crippen LogP contribution is 2.55. The first-order valence-electron chi connectivity index (χ1n) is 10.5. The number of hydrogen-bond donors (Lipinski definition) is 1. The number of Topliss-reactive ketones (excluding diaryl/α,β-unsaturated/α-hetero) is 1. The molecule has 1 N–H and O–H groups in total. The van der Waals surface area contributed by atoms with Gasteiger partial charge in [-0.15, -0.1) is 0 Å². The number of nitro benzene ring substituents is 1. The Bertz CT molecular complexity index is 1290. The predicted octanol–water partition coefficient (Wildman–Crippen LogP) is 4.11. The normalized spacial score (nSPS) is 24.0. The maximum atomic E-state index is 14.0. The second-order valence-corrected chi connectivity index (χ2v) is 8.45. The second kappa shape index (κ2) is 7.60. The summed E-state index contributed by atoms with van der Waals surface area (Å²) in [6.45, 7) is 0.334. The van der Waals surface area contributed by atoms with E-state index in [1.165, 1.54) is 36.4 Å². The van der Waals surface area contributed by atoms with Gasteiger partial charge in [-0.05, 0) is 42.9 Å². The first kappa shape index (κ1) is 21.0. The highest BCUT2D eigenvalue weighted by Gasteiger charge is 2.64. The van der Waals surface area contributed by atoms with Gasteiger partial charge in [-0.25, -0.2) is 4.39 Å². The van der Waals surface area contributed by atoms with Crippen molar-refractivity contribution in [2.24, 2.45) is 5.92 Å². The van der Waals surface area contributed by atoms with Crippen LogP contribution < -0.4 is 5.32 Å². The molecule has 5 rings (SSSR count). The number of ketones is 1. The molecule has 1 spiro atoms. The van der Waals surface area contributed by atoms with Gasteiger partial charge in [0.1, 0.15) is 11.4 Å². The van der Waals surface area contributed by atoms with Crippen molar-refractivity contribution in [1.82, 2.24) is 4.90 Å². The molecular formula is C25H20FN3O4. The van der Waals surface area contributed by atoms with Gasteiger partial charge in [0.25, 0.3) is 5.69 Å². The van der Waals surface area contributed by atoms with E-state index in [0.717, 1.165) is 0 Å². The molecule has 33 heavy (non-hydrogen) atoms. The van der Waals surface area contributed by atoms with Crippen LogP contribution in [0.15, 0.2) is 72.8 Å². The molecule has 2 aliphatic rings. The van der Waals surface area contributed by atoms with Gasteiger partial charge in [-0.3, -0.25) is 24.6 Å². The van der Waals surface area contributed by atoms with Gasteiger partial charge in [-0.1, -0.05) is 30.3 Å². The van der Waals surface area contributed by atoms with E-state index in [2.05, 4.69) is 5.32 Å². The molecule has 3 atom stereocenters. The van der Waals surface area contributed by atoms with Crippen LogP contribution in [0.5, 0.6) is 0 Å². The Morgan fingerprint density at radius 2 is 1.85 bits per heavy atom. The molecule has 0 aliphatic carbocycles. The molecule has 1 fully saturated rings. The number of para-hydroxylation sites is 1. The second-order valence-electron chi connectivity index (χ2n) is 8.45. The standard InChI is InChI=1S/C25H20FN3O4/c1-28-14-19(16-5-4-6-18(13-16)29(32)33)22(23(30)15-9-11-17(26)12-10-15)25(28)20-7-2-3-8-21(20)27-24(25)31/h2-13,19,22H,14H2,1H3,(H,27,31)/t19-,22-,25+/m1/s1. The van der Waals surface area contributed by atoms with E-state index in [0.29, 0.717) is 23.4 Å². The van der Waals surface area contributed by atoms with Gasteiger partial charge >= 0.3 is 0 Å². The summed E-state index contributed by atoms with van der Waals surface area (Å²) < 4.78 is 13.6. The number of nitro groups is 1. The Morgan fingerprint density at radius 3 is 2.58 bits per heavy atom. The lowest BCUT2D eigenvalue weighted by atomic mass is 9.70. The maximum Gasteiger partial charge on any atom is 0.269 e. The van der Waals surface area contributed by atoms with E-state index >= 15 is 0 Å². The lowest BCUT2D eigenvalue weighted by molar-refractivity contribution is -0.384. The van der Waals surface area contributed by atoms with E-state index < -0.39 is 28.1 Å². The largest absolute Gasteiger partial charge is 0.324 e. The average Bonchev–Trinajstić information content (AvgIpc) is 3.29. The number of nitrogens with zero attached hydrogens (tertiary/aromatic N) is 2. The molecule has 8 heteroatoms. The molecule has 0 unspecified atom stereocenters. The van der Waals surface area contributed by atoms with Crippen molar-refractivity contribution in [3.63, 3.8) is 0 Å². The third-order valence-corrected chi connectivity index (χ3v) is 6.78. The van der Waals surface area contributed by atoms with Crippen LogP contribution >= 0.6 is 0 Å². The molecule has 0 saturated carbocycles. The first-order chi connectivity index (χ1) is 15.8. The fourth-order valence-electron chi connectivity index (χ4n) is 5.36. The molecule has 7 nitrogen and oxygen atoms in total. The first-order valence-corrected chi connectivity index (χ1v) is 10.5. The van der Waals surface area contributed by atoms with Crippen molar-refractivity contribution in [3.05, 3.63) is 105 Å². The number of halogens is 1. The summed E-state index contributed by atoms with van der Waals surface area (Å²) in [6, 6.07) is 18.7. The van der Waals surface area contributed by atoms with Crippen molar-refractivity contribution in [1.29, 1.82) is 0 Å². The van der Waals surface area contributed by atoms with E-state index in [1.54, 1.807) is 25.2 Å². The fourth-order valence-corrected chi connectivity index (χ4v) is 5.36. The van der Waals surface area contributed by atoms with Gasteiger partial charge in [-0.2, -0.15) is 0 Å². The van der Waals surface area contributed by atoms with Crippen LogP contribution in [0.1, 0.15) is 27.4 Å². The number of nitrogens with one attached hydrogen (secondary N) is 1. The van der Waals surface area contributed by atoms with Crippen LogP contribution in [0, 0.1) is 21.8 Å². The van der Waals surface area contributed by atoms with Crippen LogP contribution in [0.2, 0.25) is 0 Å². The summed E-state index contributed by atoms with van der Waals surface area (Å²) in [5, 5.41) is 14.3. The van der Waals surface area contributed by atoms with Crippen LogP contribution in [-0.4, -0.2) is 35.1 Å². The van der Waals surface area contributed by atoms with Gasteiger partial charge in [0.15, 0.2) is 5.78 Å². The summed E-state index contributed by atoms with van der Waals surface area (Å²) in [4.78, 5) is 40.3. The molecule has 0 radical (unpaired) electrons. The van der Waals surface area contributed by atoms with E-state index in [4.69, 9.17) is 0 Å². The van der Waals surface area contributed by atoms with Crippen molar-refractivity contribution < 1.29 is 18.9 Å². The number of benzene rings is 3. The fraction of sp³-hybridized carbons (Fsp3) is 0.200. The van der Waals surface area contributed by atoms with Gasteiger partial charge < -0.3 is 5.32 Å². The predicted molar refractivity (Wildman–Crippen MR) is 119 cm³/mol. The minimum atomic E-state index is -1.29. The van der Waals surface area contributed by atoms with E-state index in [-0.39, 0.29) is 22.9 Å². The number of rotatable bonds is 4. The molecule has 3 aromatic rings. The van der Waals surface area contributed by atoms with Crippen LogP contribution in [-0.2, 0) is 10.3 Å². The van der Waals surface area contributed by atoms with Crippen LogP contribution in [0.4, 0.5) is 15.8 Å². The van der Waals surface area contributed by atoms with Crippen LogP contribution in [0.25, 0.3) is 0 Å².